The zero-order valence-electron chi connectivity index (χ0n) is 10.2. The molecule has 2 nitrogen and oxygen atoms in total. The maximum atomic E-state index is 11.9. The lowest BCUT2D eigenvalue weighted by Gasteiger charge is -2.13. The zero-order chi connectivity index (χ0) is 12.9. The van der Waals surface area contributed by atoms with Gasteiger partial charge in [0.05, 0.1) is 0 Å². The molecular formula is C11H19F3N2S. The first kappa shape index (κ1) is 14.7. The molecule has 0 amide bonds. The molecule has 0 aromatic heterocycles. The van der Waals surface area contributed by atoms with Gasteiger partial charge < -0.3 is 5.32 Å². The molecule has 1 fully saturated rings. The van der Waals surface area contributed by atoms with Gasteiger partial charge in [0.1, 0.15) is 0 Å². The summed E-state index contributed by atoms with van der Waals surface area (Å²) in [5.74, 6) is 1.56. The van der Waals surface area contributed by atoms with E-state index in [0.717, 1.165) is 10.9 Å². The van der Waals surface area contributed by atoms with E-state index in [1.807, 2.05) is 0 Å². The van der Waals surface area contributed by atoms with Gasteiger partial charge in [-0.1, -0.05) is 25.6 Å². The molecule has 0 spiro atoms. The van der Waals surface area contributed by atoms with Gasteiger partial charge >= 0.3 is 6.18 Å². The van der Waals surface area contributed by atoms with Gasteiger partial charge in [-0.25, -0.2) is 0 Å². The Morgan fingerprint density at radius 1 is 1.41 bits per heavy atom. The van der Waals surface area contributed by atoms with Crippen LogP contribution >= 0.6 is 11.8 Å². The number of nitrogens with zero attached hydrogens (tertiary/aromatic N) is 1. The first-order valence-corrected chi connectivity index (χ1v) is 6.87. The predicted molar refractivity (Wildman–Crippen MR) is 66.4 cm³/mol. The maximum Gasteiger partial charge on any atom is 0.389 e. The van der Waals surface area contributed by atoms with Crippen LogP contribution in [0.4, 0.5) is 13.2 Å². The van der Waals surface area contributed by atoms with E-state index in [4.69, 9.17) is 0 Å². The number of nitrogens with one attached hydrogen (secondary N) is 1. The minimum absolute atomic E-state index is 0.165. The Morgan fingerprint density at radius 3 is 2.65 bits per heavy atom. The van der Waals surface area contributed by atoms with Crippen LogP contribution in [0.5, 0.6) is 0 Å². The Hall–Kier alpha value is -0.390. The summed E-state index contributed by atoms with van der Waals surface area (Å²) in [6, 6.07) is 0.439. The maximum absolute atomic E-state index is 11.9. The van der Waals surface area contributed by atoms with Crippen LogP contribution < -0.4 is 5.32 Å². The van der Waals surface area contributed by atoms with Crippen molar-refractivity contribution in [3.63, 3.8) is 0 Å². The van der Waals surface area contributed by atoms with Crippen molar-refractivity contribution in [1.29, 1.82) is 0 Å². The van der Waals surface area contributed by atoms with Crippen LogP contribution in [0.25, 0.3) is 0 Å². The molecule has 0 bridgehead atoms. The number of unbranched alkanes of at least 4 members (excludes halogenated alkanes) is 1. The van der Waals surface area contributed by atoms with Gasteiger partial charge in [0.2, 0.25) is 0 Å². The number of hydrogen-bond acceptors (Lipinski definition) is 2. The molecule has 1 saturated heterocycles. The average molecular weight is 268 g/mol. The second-order valence-electron chi connectivity index (χ2n) is 4.57. The molecule has 17 heavy (non-hydrogen) atoms. The summed E-state index contributed by atoms with van der Waals surface area (Å²) < 4.78 is 35.6. The molecule has 0 aliphatic carbocycles. The standard InChI is InChI=1S/C11H19F3N2S/c1-8(2)9-7-17-10(16-9)15-6-4-3-5-11(12,13)14/h8-9H,3-7H2,1-2H3,(H,15,16). The molecule has 0 saturated carbocycles. The van der Waals surface area contributed by atoms with Gasteiger partial charge in [0, 0.05) is 24.8 Å². The van der Waals surface area contributed by atoms with Crippen molar-refractivity contribution in [2.75, 3.05) is 12.3 Å². The van der Waals surface area contributed by atoms with Crippen LogP contribution in [0.1, 0.15) is 33.1 Å². The van der Waals surface area contributed by atoms with E-state index in [1.165, 1.54) is 0 Å². The van der Waals surface area contributed by atoms with Crippen molar-refractivity contribution < 1.29 is 13.2 Å². The third kappa shape index (κ3) is 6.19. The largest absolute Gasteiger partial charge is 0.389 e. The average Bonchev–Trinajstić information content (AvgIpc) is 2.64. The lowest BCUT2D eigenvalue weighted by Crippen LogP contribution is -2.31. The van der Waals surface area contributed by atoms with Gasteiger partial charge in [-0.2, -0.15) is 13.2 Å². The van der Waals surface area contributed by atoms with E-state index in [1.54, 1.807) is 11.8 Å². The molecule has 1 aliphatic heterocycles. The van der Waals surface area contributed by atoms with Crippen molar-refractivity contribution in [1.82, 2.24) is 5.32 Å². The summed E-state index contributed by atoms with van der Waals surface area (Å²) in [5.41, 5.74) is 0. The minimum Gasteiger partial charge on any atom is -0.361 e. The fraction of sp³-hybridized carbons (Fsp3) is 0.909. The lowest BCUT2D eigenvalue weighted by molar-refractivity contribution is -0.135. The number of thioether (sulfide) groups is 1. The van der Waals surface area contributed by atoms with Crippen molar-refractivity contribution >= 4 is 16.9 Å². The van der Waals surface area contributed by atoms with Crippen LogP contribution in [0.15, 0.2) is 4.99 Å². The smallest absolute Gasteiger partial charge is 0.361 e. The third-order valence-electron chi connectivity index (χ3n) is 2.64. The number of alkyl halides is 3. The Morgan fingerprint density at radius 2 is 2.12 bits per heavy atom. The predicted octanol–water partition coefficient (Wildman–Crippen LogP) is 3.44. The highest BCUT2D eigenvalue weighted by atomic mass is 32.2. The van der Waals surface area contributed by atoms with Crippen molar-refractivity contribution in [2.45, 2.75) is 45.3 Å². The van der Waals surface area contributed by atoms with E-state index in [-0.39, 0.29) is 6.42 Å². The molecule has 0 radical (unpaired) electrons. The quantitative estimate of drug-likeness (QED) is 0.772. The topological polar surface area (TPSA) is 24.4 Å². The van der Waals surface area contributed by atoms with Crippen LogP contribution in [0.3, 0.4) is 0 Å². The summed E-state index contributed by atoms with van der Waals surface area (Å²) >= 11 is 1.66. The van der Waals surface area contributed by atoms with Crippen molar-refractivity contribution in [2.24, 2.45) is 10.9 Å². The normalized spacial score (nSPS) is 23.4. The van der Waals surface area contributed by atoms with Gasteiger partial charge in [0.15, 0.2) is 5.17 Å². The van der Waals surface area contributed by atoms with Crippen molar-refractivity contribution in [3.8, 4) is 0 Å². The first-order chi connectivity index (χ1) is 7.88. The highest BCUT2D eigenvalue weighted by Gasteiger charge is 2.26. The number of rotatable bonds is 5. The number of aliphatic imine (C=N–C) groups is 1. The van der Waals surface area contributed by atoms with E-state index in [0.29, 0.717) is 24.9 Å². The second-order valence-corrected chi connectivity index (χ2v) is 5.57. The summed E-state index contributed by atoms with van der Waals surface area (Å²) in [7, 11) is 0. The van der Waals surface area contributed by atoms with Gasteiger partial charge in [0.25, 0.3) is 0 Å². The summed E-state index contributed by atoms with van der Waals surface area (Å²) in [6.07, 6.45) is -4.07. The zero-order valence-corrected chi connectivity index (χ0v) is 11.0. The summed E-state index contributed by atoms with van der Waals surface area (Å²) in [5, 5.41) is 4.17. The Bertz CT molecular complexity index is 264. The Labute approximate surface area is 104 Å². The fourth-order valence-corrected chi connectivity index (χ4v) is 2.70. The molecule has 100 valence electrons. The molecule has 1 rings (SSSR count). The molecule has 1 atom stereocenters. The van der Waals surface area contributed by atoms with Gasteiger partial charge in [-0.3, -0.25) is 4.99 Å². The second kappa shape index (κ2) is 6.52. The summed E-state index contributed by atoms with van der Waals surface area (Å²) in [4.78, 5) is 4.28. The van der Waals surface area contributed by atoms with E-state index in [9.17, 15) is 13.2 Å². The molecule has 0 aromatic carbocycles. The molecule has 1 aliphatic rings. The third-order valence-corrected chi connectivity index (χ3v) is 3.68. The van der Waals surface area contributed by atoms with Gasteiger partial charge in [-0.15, -0.1) is 0 Å². The molecule has 1 heterocycles. The lowest BCUT2D eigenvalue weighted by atomic mass is 10.1. The fourth-order valence-electron chi connectivity index (χ4n) is 1.48. The van der Waals surface area contributed by atoms with Crippen LogP contribution in [0, 0.1) is 5.92 Å². The SMILES string of the molecule is CC(C)C1CSC(=NCCCCC(F)(F)F)N1. The number of halogens is 3. The highest BCUT2D eigenvalue weighted by molar-refractivity contribution is 8.14. The molecular weight excluding hydrogens is 249 g/mol. The summed E-state index contributed by atoms with van der Waals surface area (Å²) in [6.45, 7) is 4.77. The molecule has 6 heteroatoms. The van der Waals surface area contributed by atoms with Crippen LogP contribution in [0.2, 0.25) is 0 Å². The molecule has 0 aromatic rings. The van der Waals surface area contributed by atoms with E-state index < -0.39 is 12.6 Å². The van der Waals surface area contributed by atoms with Gasteiger partial charge in [-0.05, 0) is 18.8 Å². The van der Waals surface area contributed by atoms with E-state index >= 15 is 0 Å². The van der Waals surface area contributed by atoms with E-state index in [2.05, 4.69) is 24.2 Å². The highest BCUT2D eigenvalue weighted by Crippen LogP contribution is 2.22. The molecule has 1 unspecified atom stereocenters. The number of hydrogen-bond donors (Lipinski definition) is 1. The Balaban J connectivity index is 2.14. The van der Waals surface area contributed by atoms with Crippen molar-refractivity contribution in [3.05, 3.63) is 0 Å². The monoisotopic (exact) mass is 268 g/mol. The van der Waals surface area contributed by atoms with Crippen LogP contribution in [-0.2, 0) is 0 Å². The number of amidine groups is 1. The first-order valence-electron chi connectivity index (χ1n) is 5.89. The molecule has 1 N–H and O–H groups in total. The minimum atomic E-state index is -4.03. The Kier molecular flexibility index (Phi) is 5.62. The van der Waals surface area contributed by atoms with Crippen LogP contribution in [-0.4, -0.2) is 29.7 Å².